The van der Waals surface area contributed by atoms with Gasteiger partial charge in [-0.05, 0) is 71.3 Å². The van der Waals surface area contributed by atoms with Crippen LogP contribution in [0.2, 0.25) is 5.02 Å². The topological polar surface area (TPSA) is 31.4 Å². The monoisotopic (exact) mass is 490 g/mol. The van der Waals surface area contributed by atoms with E-state index in [2.05, 4.69) is 23.2 Å². The highest BCUT2D eigenvalue weighted by Crippen LogP contribution is 2.24. The zero-order valence-electron chi connectivity index (χ0n) is 19.7. The molecule has 36 heavy (non-hydrogen) atoms. The van der Waals surface area contributed by atoms with Crippen molar-refractivity contribution < 1.29 is 9.47 Å². The molecule has 0 atom stereocenters. The standard InChI is InChI=1S/C32H25ClNO2/c33-28-16-14-26-15-18-29(34-32(26)23-28)17-13-24-7-4-11-30(21-24)35-19-6-20-36-31-12-5-10-27(22-31)25-8-2-1-3-9-25/h1-5,7-8,10-18,21-23H,6,19-20H2/b17-13+. The molecule has 4 heteroatoms. The first-order valence-electron chi connectivity index (χ1n) is 11.9. The molecule has 1 aromatic heterocycles. The lowest BCUT2D eigenvalue weighted by Gasteiger charge is -2.10. The Bertz CT molecular complexity index is 1480. The molecule has 0 unspecified atom stereocenters. The van der Waals surface area contributed by atoms with E-state index < -0.39 is 0 Å². The fourth-order valence-electron chi connectivity index (χ4n) is 3.85. The van der Waals surface area contributed by atoms with Crippen LogP contribution in [0.15, 0.2) is 103 Å². The molecular formula is C32H25ClNO2. The van der Waals surface area contributed by atoms with Gasteiger partial charge in [0.05, 0.1) is 24.4 Å². The number of aromatic nitrogens is 1. The van der Waals surface area contributed by atoms with Crippen LogP contribution >= 0.6 is 11.6 Å². The zero-order chi connectivity index (χ0) is 24.6. The van der Waals surface area contributed by atoms with Crippen LogP contribution in [-0.4, -0.2) is 18.2 Å². The van der Waals surface area contributed by atoms with Crippen molar-refractivity contribution in [2.45, 2.75) is 6.42 Å². The average molecular weight is 491 g/mol. The highest BCUT2D eigenvalue weighted by Gasteiger charge is 2.02. The van der Waals surface area contributed by atoms with Crippen molar-refractivity contribution in [1.82, 2.24) is 4.98 Å². The van der Waals surface area contributed by atoms with Crippen LogP contribution in [0.1, 0.15) is 17.7 Å². The van der Waals surface area contributed by atoms with E-state index in [1.165, 1.54) is 0 Å². The summed E-state index contributed by atoms with van der Waals surface area (Å²) in [6.45, 7) is 1.16. The second-order valence-corrected chi connectivity index (χ2v) is 8.77. The van der Waals surface area contributed by atoms with Gasteiger partial charge in [0.1, 0.15) is 11.5 Å². The lowest BCUT2D eigenvalue weighted by molar-refractivity contribution is 0.247. The summed E-state index contributed by atoms with van der Waals surface area (Å²) in [5.74, 6) is 1.68. The maximum atomic E-state index is 6.10. The number of rotatable bonds is 9. The Balaban J connectivity index is 1.12. The Morgan fingerprint density at radius 3 is 2.39 bits per heavy atom. The summed E-state index contributed by atoms with van der Waals surface area (Å²) in [4.78, 5) is 4.67. The summed E-state index contributed by atoms with van der Waals surface area (Å²) >= 11 is 6.10. The Morgan fingerprint density at radius 1 is 0.750 bits per heavy atom. The van der Waals surface area contributed by atoms with Crippen LogP contribution in [0.3, 0.4) is 0 Å². The molecule has 177 valence electrons. The lowest BCUT2D eigenvalue weighted by atomic mass is 10.1. The van der Waals surface area contributed by atoms with E-state index in [-0.39, 0.29) is 0 Å². The lowest BCUT2D eigenvalue weighted by Crippen LogP contribution is -2.05. The number of halogens is 1. The highest BCUT2D eigenvalue weighted by atomic mass is 35.5. The number of benzene rings is 4. The summed E-state index contributed by atoms with van der Waals surface area (Å²) < 4.78 is 11.9. The van der Waals surface area contributed by atoms with Gasteiger partial charge in [-0.25, -0.2) is 4.98 Å². The third kappa shape index (κ3) is 6.32. The Hall–Kier alpha value is -4.08. The van der Waals surface area contributed by atoms with Gasteiger partial charge in [-0.2, -0.15) is 0 Å². The number of nitrogens with zero attached hydrogens (tertiary/aromatic N) is 1. The molecule has 0 aliphatic heterocycles. The van der Waals surface area contributed by atoms with Crippen LogP contribution in [0.5, 0.6) is 11.5 Å². The molecule has 0 amide bonds. The zero-order valence-corrected chi connectivity index (χ0v) is 20.5. The van der Waals surface area contributed by atoms with E-state index >= 15 is 0 Å². The number of pyridine rings is 1. The van der Waals surface area contributed by atoms with Crippen molar-refractivity contribution in [3.05, 3.63) is 125 Å². The third-order valence-corrected chi connectivity index (χ3v) is 5.90. The van der Waals surface area contributed by atoms with Crippen molar-refractivity contribution in [3.63, 3.8) is 0 Å². The van der Waals surface area contributed by atoms with Crippen molar-refractivity contribution in [3.8, 4) is 22.6 Å². The van der Waals surface area contributed by atoms with Crippen molar-refractivity contribution in [2.75, 3.05) is 13.2 Å². The van der Waals surface area contributed by atoms with Crippen LogP contribution in [0.25, 0.3) is 34.2 Å². The normalized spacial score (nSPS) is 11.1. The molecule has 0 saturated carbocycles. The Kier molecular flexibility index (Phi) is 7.60. The van der Waals surface area contributed by atoms with Gasteiger partial charge < -0.3 is 9.47 Å². The number of hydrogen-bond acceptors (Lipinski definition) is 3. The molecule has 4 aromatic carbocycles. The van der Waals surface area contributed by atoms with E-state index in [1.54, 1.807) is 0 Å². The molecule has 0 aliphatic rings. The SMILES string of the molecule is Clc1ccc2ccc(/C=C/c3cccc(OCCCOc4cccc(-c5[c]cccc5)c4)c3)nc2c1. The molecular weight excluding hydrogens is 466 g/mol. The predicted octanol–water partition coefficient (Wildman–Crippen LogP) is 8.37. The maximum Gasteiger partial charge on any atom is 0.119 e. The minimum absolute atomic E-state index is 0.576. The Labute approximate surface area is 216 Å². The predicted molar refractivity (Wildman–Crippen MR) is 148 cm³/mol. The molecule has 5 rings (SSSR count). The van der Waals surface area contributed by atoms with Crippen LogP contribution in [0, 0.1) is 6.07 Å². The van der Waals surface area contributed by atoms with Crippen molar-refractivity contribution in [2.24, 2.45) is 0 Å². The number of hydrogen-bond donors (Lipinski definition) is 0. The molecule has 0 aliphatic carbocycles. The second-order valence-electron chi connectivity index (χ2n) is 8.33. The quantitative estimate of drug-likeness (QED) is 0.194. The second kappa shape index (κ2) is 11.6. The van der Waals surface area contributed by atoms with Gasteiger partial charge in [0.2, 0.25) is 0 Å². The summed E-state index contributed by atoms with van der Waals surface area (Å²) in [5, 5.41) is 1.75. The minimum Gasteiger partial charge on any atom is -0.493 e. The molecule has 0 saturated heterocycles. The van der Waals surface area contributed by atoms with E-state index in [1.807, 2.05) is 103 Å². The first kappa shape index (κ1) is 23.7. The van der Waals surface area contributed by atoms with Crippen molar-refractivity contribution >= 4 is 34.7 Å². The van der Waals surface area contributed by atoms with Crippen LogP contribution < -0.4 is 9.47 Å². The Morgan fingerprint density at radius 2 is 1.56 bits per heavy atom. The van der Waals surface area contributed by atoms with Gasteiger partial charge in [-0.15, -0.1) is 0 Å². The third-order valence-electron chi connectivity index (χ3n) is 5.66. The maximum absolute atomic E-state index is 6.10. The van der Waals surface area contributed by atoms with E-state index in [4.69, 9.17) is 21.1 Å². The molecule has 0 spiro atoms. The van der Waals surface area contributed by atoms with Crippen LogP contribution in [0.4, 0.5) is 0 Å². The molecule has 0 N–H and O–H groups in total. The first-order chi connectivity index (χ1) is 17.7. The summed E-state index contributed by atoms with van der Waals surface area (Å²) in [6, 6.07) is 37.1. The van der Waals surface area contributed by atoms with E-state index in [9.17, 15) is 0 Å². The minimum atomic E-state index is 0.576. The molecule has 3 nitrogen and oxygen atoms in total. The molecule has 0 fully saturated rings. The summed E-state index contributed by atoms with van der Waals surface area (Å²) in [7, 11) is 0. The number of fused-ring (bicyclic) bond motifs is 1. The first-order valence-corrected chi connectivity index (χ1v) is 12.3. The van der Waals surface area contributed by atoms with Gasteiger partial charge in [0.25, 0.3) is 0 Å². The summed E-state index contributed by atoms with van der Waals surface area (Å²) in [5.41, 5.74) is 4.96. The van der Waals surface area contributed by atoms with E-state index in [0.717, 1.165) is 51.2 Å². The van der Waals surface area contributed by atoms with Gasteiger partial charge in [-0.3, -0.25) is 0 Å². The fraction of sp³-hybridized carbons (Fsp3) is 0.0938. The summed E-state index contributed by atoms with van der Waals surface area (Å²) in [6.07, 6.45) is 4.81. The molecule has 5 aromatic rings. The van der Waals surface area contributed by atoms with Gasteiger partial charge in [0, 0.05) is 16.8 Å². The van der Waals surface area contributed by atoms with Gasteiger partial charge >= 0.3 is 0 Å². The smallest absolute Gasteiger partial charge is 0.119 e. The van der Waals surface area contributed by atoms with Gasteiger partial charge in [-0.1, -0.05) is 78.3 Å². The molecule has 1 radical (unpaired) electrons. The number of ether oxygens (including phenoxy) is 2. The van der Waals surface area contributed by atoms with Crippen molar-refractivity contribution in [1.29, 1.82) is 0 Å². The highest BCUT2D eigenvalue weighted by molar-refractivity contribution is 6.31. The molecule has 0 bridgehead atoms. The molecule has 1 heterocycles. The van der Waals surface area contributed by atoms with Crippen LogP contribution in [-0.2, 0) is 0 Å². The van der Waals surface area contributed by atoms with E-state index in [0.29, 0.717) is 18.2 Å². The fourth-order valence-corrected chi connectivity index (χ4v) is 4.02. The largest absolute Gasteiger partial charge is 0.493 e. The average Bonchev–Trinajstić information content (AvgIpc) is 2.92. The van der Waals surface area contributed by atoms with Gasteiger partial charge in [0.15, 0.2) is 0 Å².